The third-order valence-electron chi connectivity index (χ3n) is 10.3. The topological polar surface area (TPSA) is 77.3 Å². The summed E-state index contributed by atoms with van der Waals surface area (Å²) in [6.45, 7) is 0. The molecule has 6 heteroatoms. The molecule has 0 aliphatic rings. The Morgan fingerprint density at radius 3 is 1.34 bits per heavy atom. The molecule has 4 heterocycles. The van der Waals surface area contributed by atoms with Gasteiger partial charge in [-0.2, -0.15) is 0 Å². The van der Waals surface area contributed by atoms with E-state index in [0.29, 0.717) is 17.5 Å². The quantitative estimate of drug-likeness (QED) is 0.154. The van der Waals surface area contributed by atoms with Crippen LogP contribution >= 0.6 is 0 Å². The Labute approximate surface area is 336 Å². The predicted octanol–water partition coefficient (Wildman–Crippen LogP) is 12.5. The molecule has 0 saturated carbocycles. The first-order valence-corrected chi connectivity index (χ1v) is 19.2. The molecule has 0 unspecified atom stereocenters. The van der Waals surface area contributed by atoms with Gasteiger partial charge in [0.1, 0.15) is 0 Å². The van der Waals surface area contributed by atoms with Crippen LogP contribution in [0.1, 0.15) is 0 Å². The first-order chi connectivity index (χ1) is 28.7. The van der Waals surface area contributed by atoms with E-state index in [9.17, 15) is 0 Å². The maximum absolute atomic E-state index is 5.02. The zero-order valence-electron chi connectivity index (χ0n) is 31.3. The Bertz CT molecular complexity index is 2950. The lowest BCUT2D eigenvalue weighted by Gasteiger charge is -2.15. The zero-order chi connectivity index (χ0) is 38.7. The largest absolute Gasteiger partial charge is 0.264 e. The molecule has 4 aromatic heterocycles. The fourth-order valence-electron chi connectivity index (χ4n) is 7.39. The minimum absolute atomic E-state index is 0.619. The highest BCUT2D eigenvalue weighted by molar-refractivity contribution is 6.05. The molecular weight excluding hydrogens is 709 g/mol. The number of nitrogens with zero attached hydrogens (tertiary/aromatic N) is 6. The standard InChI is InChI=1S/C52H34N6/c1-3-12-35(13-4-1)36-20-24-39(25-21-36)51-56-50(38-14-5-2-6-15-38)57-52(58-51)40-26-22-37(23-27-40)43-28-29-44(46-18-8-7-17-45(43)46)42-32-48(41-16-11-30-53-34-41)55-49(33-42)47-19-9-10-31-54-47/h1-34H. The number of benzene rings is 6. The van der Waals surface area contributed by atoms with Gasteiger partial charge in [0.15, 0.2) is 17.5 Å². The summed E-state index contributed by atoms with van der Waals surface area (Å²) >= 11 is 0. The molecule has 0 spiro atoms. The molecule has 58 heavy (non-hydrogen) atoms. The molecule has 0 saturated heterocycles. The molecule has 0 radical (unpaired) electrons. The van der Waals surface area contributed by atoms with Gasteiger partial charge in [0.05, 0.1) is 17.1 Å². The van der Waals surface area contributed by atoms with Crippen LogP contribution in [-0.4, -0.2) is 29.9 Å². The van der Waals surface area contributed by atoms with Crippen molar-refractivity contribution < 1.29 is 0 Å². The van der Waals surface area contributed by atoms with Gasteiger partial charge >= 0.3 is 0 Å². The van der Waals surface area contributed by atoms with E-state index in [0.717, 1.165) is 77.9 Å². The summed E-state index contributed by atoms with van der Waals surface area (Å²) in [6.07, 6.45) is 5.43. The van der Waals surface area contributed by atoms with Crippen molar-refractivity contribution >= 4 is 10.8 Å². The monoisotopic (exact) mass is 742 g/mol. The first-order valence-electron chi connectivity index (χ1n) is 19.2. The van der Waals surface area contributed by atoms with Gasteiger partial charge in [-0.1, -0.05) is 152 Å². The molecule has 0 aliphatic carbocycles. The number of hydrogen-bond donors (Lipinski definition) is 0. The van der Waals surface area contributed by atoms with Gasteiger partial charge in [-0.25, -0.2) is 19.9 Å². The molecule has 6 nitrogen and oxygen atoms in total. The molecule has 10 rings (SSSR count). The van der Waals surface area contributed by atoms with Crippen LogP contribution in [0.15, 0.2) is 207 Å². The van der Waals surface area contributed by atoms with Gasteiger partial charge in [0, 0.05) is 40.8 Å². The number of rotatable bonds is 8. The molecule has 10 aromatic rings. The SMILES string of the molecule is c1ccc(-c2ccc(-c3nc(-c4ccccc4)nc(-c4ccc(-c5ccc(-c6cc(-c7cccnc7)nc(-c7ccccn7)c6)c6ccccc56)cc4)n3)cc2)cc1. The number of fused-ring (bicyclic) bond motifs is 1. The van der Waals surface area contributed by atoms with E-state index < -0.39 is 0 Å². The van der Waals surface area contributed by atoms with Crippen LogP contribution in [0.5, 0.6) is 0 Å². The summed E-state index contributed by atoms with van der Waals surface area (Å²) in [6, 6.07) is 64.5. The predicted molar refractivity (Wildman–Crippen MR) is 234 cm³/mol. The van der Waals surface area contributed by atoms with Crippen LogP contribution in [0.3, 0.4) is 0 Å². The van der Waals surface area contributed by atoms with E-state index >= 15 is 0 Å². The Balaban J connectivity index is 1.03. The fraction of sp³-hybridized carbons (Fsp3) is 0. The normalized spacial score (nSPS) is 11.1. The molecule has 0 atom stereocenters. The van der Waals surface area contributed by atoms with E-state index in [-0.39, 0.29) is 0 Å². The van der Waals surface area contributed by atoms with Crippen LogP contribution in [0.2, 0.25) is 0 Å². The highest BCUT2D eigenvalue weighted by Gasteiger charge is 2.16. The lowest BCUT2D eigenvalue weighted by atomic mass is 9.91. The van der Waals surface area contributed by atoms with Crippen molar-refractivity contribution in [2.75, 3.05) is 0 Å². The molecule has 6 aromatic carbocycles. The average Bonchev–Trinajstić information content (AvgIpc) is 3.32. The minimum Gasteiger partial charge on any atom is -0.264 e. The Kier molecular flexibility index (Phi) is 9.10. The Hall–Kier alpha value is -7.96. The first kappa shape index (κ1) is 34.5. The zero-order valence-corrected chi connectivity index (χ0v) is 31.3. The van der Waals surface area contributed by atoms with E-state index in [1.54, 1.807) is 12.4 Å². The van der Waals surface area contributed by atoms with Crippen LogP contribution in [0.4, 0.5) is 0 Å². The summed E-state index contributed by atoms with van der Waals surface area (Å²) in [5.41, 5.74) is 12.9. The molecule has 0 aliphatic heterocycles. The third kappa shape index (κ3) is 6.91. The average molecular weight is 743 g/mol. The van der Waals surface area contributed by atoms with Crippen molar-refractivity contribution in [1.82, 2.24) is 29.9 Å². The summed E-state index contributed by atoms with van der Waals surface area (Å²) in [7, 11) is 0. The molecular formula is C52H34N6. The second kappa shape index (κ2) is 15.3. The molecule has 0 fully saturated rings. The van der Waals surface area contributed by atoms with Crippen molar-refractivity contribution in [3.63, 3.8) is 0 Å². The smallest absolute Gasteiger partial charge is 0.164 e. The second-order valence-electron chi connectivity index (χ2n) is 14.0. The number of pyridine rings is 3. The number of aromatic nitrogens is 6. The van der Waals surface area contributed by atoms with Crippen molar-refractivity contribution in [2.24, 2.45) is 0 Å². The van der Waals surface area contributed by atoms with Crippen LogP contribution in [-0.2, 0) is 0 Å². The summed E-state index contributed by atoms with van der Waals surface area (Å²) in [5, 5.41) is 2.30. The van der Waals surface area contributed by atoms with Crippen LogP contribution in [0.25, 0.3) is 101 Å². The highest BCUT2D eigenvalue weighted by atomic mass is 15.0. The van der Waals surface area contributed by atoms with Gasteiger partial charge in [-0.3, -0.25) is 9.97 Å². The van der Waals surface area contributed by atoms with Crippen molar-refractivity contribution in [3.8, 4) is 90.2 Å². The van der Waals surface area contributed by atoms with Gasteiger partial charge in [0.2, 0.25) is 0 Å². The fourth-order valence-corrected chi connectivity index (χ4v) is 7.39. The summed E-state index contributed by atoms with van der Waals surface area (Å²) in [5.74, 6) is 1.88. The van der Waals surface area contributed by atoms with Gasteiger partial charge in [-0.05, 0) is 80.6 Å². The van der Waals surface area contributed by atoms with Gasteiger partial charge in [0.25, 0.3) is 0 Å². The Morgan fingerprint density at radius 1 is 0.276 bits per heavy atom. The second-order valence-corrected chi connectivity index (χ2v) is 14.0. The van der Waals surface area contributed by atoms with Gasteiger partial charge in [-0.15, -0.1) is 0 Å². The molecule has 272 valence electrons. The van der Waals surface area contributed by atoms with Crippen molar-refractivity contribution in [3.05, 3.63) is 207 Å². The molecule has 0 amide bonds. The maximum Gasteiger partial charge on any atom is 0.164 e. The molecule has 0 bridgehead atoms. The van der Waals surface area contributed by atoms with Gasteiger partial charge < -0.3 is 0 Å². The van der Waals surface area contributed by atoms with Crippen molar-refractivity contribution in [1.29, 1.82) is 0 Å². The Morgan fingerprint density at radius 2 is 0.759 bits per heavy atom. The maximum atomic E-state index is 5.02. The minimum atomic E-state index is 0.619. The molecule has 0 N–H and O–H groups in total. The van der Waals surface area contributed by atoms with E-state index in [1.165, 1.54) is 5.56 Å². The number of hydrogen-bond acceptors (Lipinski definition) is 6. The van der Waals surface area contributed by atoms with E-state index in [1.807, 2.05) is 72.9 Å². The van der Waals surface area contributed by atoms with Crippen LogP contribution < -0.4 is 0 Å². The van der Waals surface area contributed by atoms with E-state index in [2.05, 4.69) is 131 Å². The lowest BCUT2D eigenvalue weighted by molar-refractivity contribution is 1.07. The van der Waals surface area contributed by atoms with Crippen LogP contribution in [0, 0.1) is 0 Å². The third-order valence-corrected chi connectivity index (χ3v) is 10.3. The van der Waals surface area contributed by atoms with E-state index in [4.69, 9.17) is 19.9 Å². The summed E-state index contributed by atoms with van der Waals surface area (Å²) < 4.78 is 0. The lowest BCUT2D eigenvalue weighted by Crippen LogP contribution is -2.00. The highest BCUT2D eigenvalue weighted by Crippen LogP contribution is 2.38. The van der Waals surface area contributed by atoms with Crippen molar-refractivity contribution in [2.45, 2.75) is 0 Å². The summed E-state index contributed by atoms with van der Waals surface area (Å²) in [4.78, 5) is 29.0.